The molecule has 1 unspecified atom stereocenters. The molecule has 2 heterocycles. The van der Waals surface area contributed by atoms with E-state index in [1.165, 1.54) is 5.56 Å². The van der Waals surface area contributed by atoms with Crippen molar-refractivity contribution in [3.8, 4) is 0 Å². The minimum Gasteiger partial charge on any atom is -0.463 e. The van der Waals surface area contributed by atoms with Gasteiger partial charge in [-0.2, -0.15) is 5.10 Å². The van der Waals surface area contributed by atoms with Gasteiger partial charge < -0.3 is 9.32 Å². The number of hydrogen-bond acceptors (Lipinski definition) is 4. The lowest BCUT2D eigenvalue weighted by Crippen LogP contribution is -2.32. The predicted octanol–water partition coefficient (Wildman–Crippen LogP) is 4.00. The highest BCUT2D eigenvalue weighted by atomic mass is 16.3. The fourth-order valence-electron chi connectivity index (χ4n) is 3.38. The van der Waals surface area contributed by atoms with Gasteiger partial charge in [-0.15, -0.1) is 0 Å². The molecule has 1 amide bonds. The highest BCUT2D eigenvalue weighted by Gasteiger charge is 2.33. The zero-order valence-electron chi connectivity index (χ0n) is 15.8. The lowest BCUT2D eigenvalue weighted by molar-refractivity contribution is -0.133. The van der Waals surface area contributed by atoms with Crippen molar-refractivity contribution in [3.63, 3.8) is 0 Å². The standard InChI is InChI=1S/C21H27N3O2/c1-4-23(5-2)12-11-21(25)24-19(17-9-6-8-16(3)14-17)15-18(22-24)20-10-7-13-26-20/h6-10,13-14,19H,4-5,11-12,15H2,1-3H3. The smallest absolute Gasteiger partial charge is 0.244 e. The summed E-state index contributed by atoms with van der Waals surface area (Å²) in [4.78, 5) is 15.2. The van der Waals surface area contributed by atoms with Crippen LogP contribution in [0.2, 0.25) is 0 Å². The molecule has 5 nitrogen and oxygen atoms in total. The fourth-order valence-corrected chi connectivity index (χ4v) is 3.38. The van der Waals surface area contributed by atoms with E-state index in [1.54, 1.807) is 11.3 Å². The van der Waals surface area contributed by atoms with Gasteiger partial charge in [0.05, 0.1) is 12.3 Å². The second-order valence-electron chi connectivity index (χ2n) is 6.67. The Labute approximate surface area is 155 Å². The minimum absolute atomic E-state index is 0.0602. The molecule has 0 radical (unpaired) electrons. The van der Waals surface area contributed by atoms with Crippen LogP contribution in [-0.2, 0) is 4.79 Å². The molecular weight excluding hydrogens is 326 g/mol. The van der Waals surface area contributed by atoms with Crippen LogP contribution in [0.1, 0.15) is 49.6 Å². The van der Waals surface area contributed by atoms with Crippen LogP contribution < -0.4 is 0 Å². The molecule has 0 saturated heterocycles. The van der Waals surface area contributed by atoms with E-state index in [4.69, 9.17) is 4.42 Å². The molecule has 3 rings (SSSR count). The molecule has 2 aromatic rings. The van der Waals surface area contributed by atoms with E-state index in [0.29, 0.717) is 12.8 Å². The van der Waals surface area contributed by atoms with E-state index in [-0.39, 0.29) is 11.9 Å². The first kappa shape index (κ1) is 18.4. The maximum Gasteiger partial charge on any atom is 0.244 e. The van der Waals surface area contributed by atoms with E-state index in [9.17, 15) is 4.79 Å². The highest BCUT2D eigenvalue weighted by molar-refractivity contribution is 6.01. The Hall–Kier alpha value is -2.40. The van der Waals surface area contributed by atoms with Gasteiger partial charge in [-0.25, -0.2) is 5.01 Å². The molecule has 0 N–H and O–H groups in total. The average Bonchev–Trinajstić information content (AvgIpc) is 3.32. The summed E-state index contributed by atoms with van der Waals surface area (Å²) in [6.07, 6.45) is 2.79. The van der Waals surface area contributed by atoms with Gasteiger partial charge in [-0.3, -0.25) is 4.79 Å². The maximum atomic E-state index is 12.9. The summed E-state index contributed by atoms with van der Waals surface area (Å²) >= 11 is 0. The molecule has 1 aliphatic heterocycles. The van der Waals surface area contributed by atoms with E-state index in [1.807, 2.05) is 18.2 Å². The summed E-state index contributed by atoms with van der Waals surface area (Å²) in [5.41, 5.74) is 3.13. The van der Waals surface area contributed by atoms with Crippen LogP contribution in [0.25, 0.3) is 0 Å². The highest BCUT2D eigenvalue weighted by Crippen LogP contribution is 2.33. The topological polar surface area (TPSA) is 49.1 Å². The van der Waals surface area contributed by atoms with Gasteiger partial charge in [-0.1, -0.05) is 43.7 Å². The number of aryl methyl sites for hydroxylation is 1. The SMILES string of the molecule is CCN(CC)CCC(=O)N1N=C(c2ccco2)CC1c1cccc(C)c1. The average molecular weight is 353 g/mol. The molecule has 0 spiro atoms. The molecule has 0 fully saturated rings. The van der Waals surface area contributed by atoms with Crippen LogP contribution in [0.4, 0.5) is 0 Å². The second kappa shape index (κ2) is 8.32. The van der Waals surface area contributed by atoms with E-state index >= 15 is 0 Å². The third-order valence-corrected chi connectivity index (χ3v) is 4.93. The number of hydrogen-bond donors (Lipinski definition) is 0. The Bertz CT molecular complexity index is 763. The van der Waals surface area contributed by atoms with Gasteiger partial charge in [0.2, 0.25) is 5.91 Å². The van der Waals surface area contributed by atoms with Crippen molar-refractivity contribution in [2.24, 2.45) is 5.10 Å². The number of amides is 1. The van der Waals surface area contributed by atoms with E-state index in [2.05, 4.69) is 49.0 Å². The van der Waals surface area contributed by atoms with Crippen LogP contribution in [0.5, 0.6) is 0 Å². The zero-order valence-corrected chi connectivity index (χ0v) is 15.8. The first-order chi connectivity index (χ1) is 12.6. The van der Waals surface area contributed by atoms with Crippen molar-refractivity contribution in [2.75, 3.05) is 19.6 Å². The number of carbonyl (C=O) groups excluding carboxylic acids is 1. The van der Waals surface area contributed by atoms with Gasteiger partial charge in [-0.05, 0) is 37.7 Å². The van der Waals surface area contributed by atoms with Crippen molar-refractivity contribution in [3.05, 3.63) is 59.5 Å². The summed E-state index contributed by atoms with van der Waals surface area (Å²) in [7, 11) is 0. The lowest BCUT2D eigenvalue weighted by atomic mass is 9.99. The molecule has 1 aromatic heterocycles. The molecule has 5 heteroatoms. The zero-order chi connectivity index (χ0) is 18.5. The normalized spacial score (nSPS) is 17.0. The van der Waals surface area contributed by atoms with Crippen molar-refractivity contribution in [1.29, 1.82) is 0 Å². The molecule has 1 aliphatic rings. The van der Waals surface area contributed by atoms with E-state index in [0.717, 1.165) is 36.7 Å². The first-order valence-corrected chi connectivity index (χ1v) is 9.34. The summed E-state index contributed by atoms with van der Waals surface area (Å²) in [5.74, 6) is 0.798. The Morgan fingerprint density at radius 2 is 2.08 bits per heavy atom. The number of nitrogens with zero attached hydrogens (tertiary/aromatic N) is 3. The van der Waals surface area contributed by atoms with Gasteiger partial charge >= 0.3 is 0 Å². The number of rotatable bonds is 7. The molecule has 138 valence electrons. The molecule has 1 aromatic carbocycles. The van der Waals surface area contributed by atoms with Crippen molar-refractivity contribution < 1.29 is 9.21 Å². The summed E-state index contributed by atoms with van der Waals surface area (Å²) in [6, 6.07) is 12.0. The first-order valence-electron chi connectivity index (χ1n) is 9.34. The van der Waals surface area contributed by atoms with Crippen LogP contribution in [0, 0.1) is 6.92 Å². The summed E-state index contributed by atoms with van der Waals surface area (Å²) < 4.78 is 5.51. The van der Waals surface area contributed by atoms with Crippen LogP contribution in [0.15, 0.2) is 52.2 Å². The number of furan rings is 1. The Balaban J connectivity index is 1.82. The van der Waals surface area contributed by atoms with Crippen molar-refractivity contribution in [2.45, 2.75) is 39.7 Å². The maximum absolute atomic E-state index is 12.9. The van der Waals surface area contributed by atoms with Gasteiger partial charge in [0.15, 0.2) is 0 Å². The largest absolute Gasteiger partial charge is 0.463 e. The third kappa shape index (κ3) is 4.05. The van der Waals surface area contributed by atoms with E-state index < -0.39 is 0 Å². The number of hydrazone groups is 1. The Kier molecular flexibility index (Phi) is 5.89. The van der Waals surface area contributed by atoms with Crippen LogP contribution in [0.3, 0.4) is 0 Å². The number of benzene rings is 1. The quantitative estimate of drug-likeness (QED) is 0.756. The van der Waals surface area contributed by atoms with Crippen molar-refractivity contribution in [1.82, 2.24) is 9.91 Å². The third-order valence-electron chi connectivity index (χ3n) is 4.93. The molecule has 1 atom stereocenters. The molecule has 0 aliphatic carbocycles. The van der Waals surface area contributed by atoms with Crippen molar-refractivity contribution >= 4 is 11.6 Å². The Morgan fingerprint density at radius 3 is 2.73 bits per heavy atom. The number of carbonyl (C=O) groups is 1. The van der Waals surface area contributed by atoms with Crippen LogP contribution in [-0.4, -0.2) is 41.2 Å². The fraction of sp³-hybridized carbons (Fsp3) is 0.429. The molecule has 26 heavy (non-hydrogen) atoms. The lowest BCUT2D eigenvalue weighted by Gasteiger charge is -2.24. The van der Waals surface area contributed by atoms with Gasteiger partial charge in [0.25, 0.3) is 0 Å². The molecule has 0 saturated carbocycles. The summed E-state index contributed by atoms with van der Waals surface area (Å²) in [5, 5.41) is 6.30. The molecular formula is C21H27N3O2. The Morgan fingerprint density at radius 1 is 1.27 bits per heavy atom. The molecule has 0 bridgehead atoms. The monoisotopic (exact) mass is 353 g/mol. The minimum atomic E-state index is -0.0702. The predicted molar refractivity (Wildman–Crippen MR) is 103 cm³/mol. The summed E-state index contributed by atoms with van der Waals surface area (Å²) in [6.45, 7) is 8.96. The van der Waals surface area contributed by atoms with Gasteiger partial charge in [0, 0.05) is 19.4 Å². The van der Waals surface area contributed by atoms with Crippen LogP contribution >= 0.6 is 0 Å². The second-order valence-corrected chi connectivity index (χ2v) is 6.67. The van der Waals surface area contributed by atoms with Gasteiger partial charge in [0.1, 0.15) is 11.5 Å².